The summed E-state index contributed by atoms with van der Waals surface area (Å²) in [6, 6.07) is 17.3. The van der Waals surface area contributed by atoms with Crippen molar-refractivity contribution in [3.05, 3.63) is 78.1 Å². The molecule has 3 aromatic rings. The lowest BCUT2D eigenvalue weighted by Gasteiger charge is -2.16. The molecular weight excluding hydrogens is 328 g/mol. The number of methoxy groups -OCH3 is 1. The van der Waals surface area contributed by atoms with E-state index in [4.69, 9.17) is 4.74 Å². The Hall–Kier alpha value is -3.41. The van der Waals surface area contributed by atoms with Crippen molar-refractivity contribution in [1.29, 1.82) is 0 Å². The number of anilines is 2. The summed E-state index contributed by atoms with van der Waals surface area (Å²) < 4.78 is 5.12. The molecule has 0 saturated heterocycles. The molecule has 0 fully saturated rings. The molecule has 6 heteroatoms. The highest BCUT2D eigenvalue weighted by atomic mass is 16.5. The molecule has 0 unspecified atom stereocenters. The van der Waals surface area contributed by atoms with Crippen LogP contribution in [-0.4, -0.2) is 30.0 Å². The molecule has 0 aliphatic rings. The van der Waals surface area contributed by atoms with Gasteiger partial charge in [0.1, 0.15) is 5.75 Å². The van der Waals surface area contributed by atoms with Crippen molar-refractivity contribution in [1.82, 2.24) is 15.3 Å². The Bertz CT molecular complexity index is 849. The summed E-state index contributed by atoms with van der Waals surface area (Å²) in [7, 11) is 3.50. The second kappa shape index (κ2) is 8.11. The maximum Gasteiger partial charge on any atom is 0.254 e. The third kappa shape index (κ3) is 4.16. The molecule has 0 aliphatic heterocycles. The van der Waals surface area contributed by atoms with Gasteiger partial charge in [0, 0.05) is 31.7 Å². The Morgan fingerprint density at radius 1 is 1.04 bits per heavy atom. The number of ether oxygens (including phenoxy) is 1. The Kier molecular flexibility index (Phi) is 5.43. The molecule has 0 saturated carbocycles. The summed E-state index contributed by atoms with van der Waals surface area (Å²) in [5.74, 6) is 1.10. The van der Waals surface area contributed by atoms with E-state index in [1.165, 1.54) is 12.4 Å². The summed E-state index contributed by atoms with van der Waals surface area (Å²) >= 11 is 0. The standard InChI is InChI=1S/C20H20N4O2/c1-24(17-6-4-3-5-7-17)20-22-13-16(14-23-20)19(25)21-12-15-8-10-18(26-2)11-9-15/h3-11,13-14H,12H2,1-2H3,(H,21,25). The Balaban J connectivity index is 1.61. The fourth-order valence-corrected chi connectivity index (χ4v) is 2.41. The molecule has 1 aromatic heterocycles. The number of hydrogen-bond acceptors (Lipinski definition) is 5. The average molecular weight is 348 g/mol. The zero-order valence-electron chi connectivity index (χ0n) is 14.7. The predicted octanol–water partition coefficient (Wildman–Crippen LogP) is 3.18. The lowest BCUT2D eigenvalue weighted by Crippen LogP contribution is -2.23. The van der Waals surface area contributed by atoms with Crippen LogP contribution in [0.3, 0.4) is 0 Å². The first-order chi connectivity index (χ1) is 12.7. The van der Waals surface area contributed by atoms with Crippen LogP contribution in [0.5, 0.6) is 5.75 Å². The number of hydrogen-bond donors (Lipinski definition) is 1. The Labute approximate surface area is 152 Å². The van der Waals surface area contributed by atoms with E-state index in [1.807, 2.05) is 66.5 Å². The van der Waals surface area contributed by atoms with Crippen LogP contribution in [-0.2, 0) is 6.54 Å². The summed E-state index contributed by atoms with van der Waals surface area (Å²) in [5, 5.41) is 2.86. The van der Waals surface area contributed by atoms with E-state index in [2.05, 4.69) is 15.3 Å². The van der Waals surface area contributed by atoms with E-state index in [9.17, 15) is 4.79 Å². The molecular formula is C20H20N4O2. The smallest absolute Gasteiger partial charge is 0.254 e. The zero-order valence-corrected chi connectivity index (χ0v) is 14.7. The van der Waals surface area contributed by atoms with E-state index >= 15 is 0 Å². The summed E-state index contributed by atoms with van der Waals surface area (Å²) in [6.45, 7) is 0.425. The molecule has 1 amide bonds. The third-order valence-corrected chi connectivity index (χ3v) is 3.96. The fourth-order valence-electron chi connectivity index (χ4n) is 2.41. The minimum atomic E-state index is -0.213. The average Bonchev–Trinajstić information content (AvgIpc) is 2.72. The van der Waals surface area contributed by atoms with E-state index in [1.54, 1.807) is 7.11 Å². The number of para-hydroxylation sites is 1. The number of carbonyl (C=O) groups excluding carboxylic acids is 1. The SMILES string of the molecule is COc1ccc(CNC(=O)c2cnc(N(C)c3ccccc3)nc2)cc1. The van der Waals surface area contributed by atoms with E-state index < -0.39 is 0 Å². The highest BCUT2D eigenvalue weighted by Crippen LogP contribution is 2.18. The predicted molar refractivity (Wildman–Crippen MR) is 101 cm³/mol. The molecule has 132 valence electrons. The lowest BCUT2D eigenvalue weighted by atomic mass is 10.2. The van der Waals surface area contributed by atoms with Gasteiger partial charge in [-0.15, -0.1) is 0 Å². The van der Waals surface area contributed by atoms with Crippen molar-refractivity contribution in [2.45, 2.75) is 6.54 Å². The van der Waals surface area contributed by atoms with Crippen molar-refractivity contribution in [2.75, 3.05) is 19.1 Å². The fraction of sp³-hybridized carbons (Fsp3) is 0.150. The number of aromatic nitrogens is 2. The van der Waals surface area contributed by atoms with Gasteiger partial charge in [0.05, 0.1) is 12.7 Å². The summed E-state index contributed by atoms with van der Waals surface area (Å²) in [6.07, 6.45) is 3.07. The first-order valence-electron chi connectivity index (χ1n) is 8.19. The molecule has 0 bridgehead atoms. The van der Waals surface area contributed by atoms with Crippen molar-refractivity contribution >= 4 is 17.5 Å². The number of rotatable bonds is 6. The van der Waals surface area contributed by atoms with Gasteiger partial charge in [-0.05, 0) is 29.8 Å². The first-order valence-corrected chi connectivity index (χ1v) is 8.19. The molecule has 0 radical (unpaired) electrons. The van der Waals surface area contributed by atoms with E-state index in [0.29, 0.717) is 18.1 Å². The minimum Gasteiger partial charge on any atom is -0.497 e. The van der Waals surface area contributed by atoms with Crippen molar-refractivity contribution < 1.29 is 9.53 Å². The molecule has 0 spiro atoms. The highest BCUT2D eigenvalue weighted by Gasteiger charge is 2.10. The van der Waals surface area contributed by atoms with Gasteiger partial charge in [-0.3, -0.25) is 4.79 Å². The van der Waals surface area contributed by atoms with Gasteiger partial charge in [0.2, 0.25) is 5.95 Å². The number of nitrogens with one attached hydrogen (secondary N) is 1. The molecule has 1 heterocycles. The molecule has 3 rings (SSSR count). The molecule has 26 heavy (non-hydrogen) atoms. The molecule has 1 N–H and O–H groups in total. The van der Waals surface area contributed by atoms with Crippen molar-refractivity contribution in [2.24, 2.45) is 0 Å². The summed E-state index contributed by atoms with van der Waals surface area (Å²) in [5.41, 5.74) is 2.38. The molecule has 0 atom stereocenters. The molecule has 2 aromatic carbocycles. The van der Waals surface area contributed by atoms with Crippen molar-refractivity contribution in [3.63, 3.8) is 0 Å². The largest absolute Gasteiger partial charge is 0.497 e. The number of amides is 1. The summed E-state index contributed by atoms with van der Waals surface area (Å²) in [4.78, 5) is 22.7. The topological polar surface area (TPSA) is 67.3 Å². The number of benzene rings is 2. The van der Waals surface area contributed by atoms with Crippen LogP contribution >= 0.6 is 0 Å². The number of nitrogens with zero attached hydrogens (tertiary/aromatic N) is 3. The van der Waals surface area contributed by atoms with Crippen LogP contribution in [0.2, 0.25) is 0 Å². The molecule has 0 aliphatic carbocycles. The van der Waals surface area contributed by atoms with Crippen LogP contribution in [0.15, 0.2) is 67.0 Å². The lowest BCUT2D eigenvalue weighted by molar-refractivity contribution is 0.0950. The van der Waals surface area contributed by atoms with Gasteiger partial charge in [0.25, 0.3) is 5.91 Å². The van der Waals surface area contributed by atoms with Gasteiger partial charge in [-0.2, -0.15) is 0 Å². The number of carbonyl (C=O) groups is 1. The van der Waals surface area contributed by atoms with Crippen LogP contribution < -0.4 is 15.0 Å². The maximum absolute atomic E-state index is 12.3. The van der Waals surface area contributed by atoms with Crippen LogP contribution in [0, 0.1) is 0 Å². The van der Waals surface area contributed by atoms with Crippen LogP contribution in [0.1, 0.15) is 15.9 Å². The first kappa shape index (κ1) is 17.4. The highest BCUT2D eigenvalue weighted by molar-refractivity contribution is 5.93. The van der Waals surface area contributed by atoms with E-state index in [0.717, 1.165) is 17.0 Å². The second-order valence-corrected chi connectivity index (χ2v) is 5.70. The monoisotopic (exact) mass is 348 g/mol. The second-order valence-electron chi connectivity index (χ2n) is 5.70. The Morgan fingerprint density at radius 2 is 1.69 bits per heavy atom. The van der Waals surface area contributed by atoms with Gasteiger partial charge >= 0.3 is 0 Å². The van der Waals surface area contributed by atoms with Crippen LogP contribution in [0.25, 0.3) is 0 Å². The van der Waals surface area contributed by atoms with Gasteiger partial charge in [-0.1, -0.05) is 30.3 Å². The zero-order chi connectivity index (χ0) is 18.4. The van der Waals surface area contributed by atoms with Gasteiger partial charge in [-0.25, -0.2) is 9.97 Å². The quantitative estimate of drug-likeness (QED) is 0.741. The van der Waals surface area contributed by atoms with Gasteiger partial charge < -0.3 is 15.0 Å². The van der Waals surface area contributed by atoms with Crippen molar-refractivity contribution in [3.8, 4) is 5.75 Å². The van der Waals surface area contributed by atoms with Gasteiger partial charge in [0.15, 0.2) is 0 Å². The third-order valence-electron chi connectivity index (χ3n) is 3.96. The molecule has 6 nitrogen and oxygen atoms in total. The minimum absolute atomic E-state index is 0.213. The van der Waals surface area contributed by atoms with Crippen LogP contribution in [0.4, 0.5) is 11.6 Å². The maximum atomic E-state index is 12.3. The normalized spacial score (nSPS) is 10.2. The van der Waals surface area contributed by atoms with E-state index in [-0.39, 0.29) is 5.91 Å². The Morgan fingerprint density at radius 3 is 2.31 bits per heavy atom.